The number of rotatable bonds is 3. The summed E-state index contributed by atoms with van der Waals surface area (Å²) in [6.07, 6.45) is 3.38. The van der Waals surface area contributed by atoms with E-state index in [0.717, 1.165) is 27.9 Å². The third-order valence-electron chi connectivity index (χ3n) is 5.00. The number of carbonyl (C=O) groups excluding carboxylic acids is 1. The molecule has 0 amide bonds. The first-order valence-corrected chi connectivity index (χ1v) is 10.2. The van der Waals surface area contributed by atoms with E-state index in [4.69, 9.17) is 14.5 Å². The molecule has 31 heavy (non-hydrogen) atoms. The molecule has 160 valence electrons. The monoisotopic (exact) mass is 417 g/mol. The SMILES string of the molecule is COC1=CC(c2cc3ccccc3n2C(=O)OC(C)(C)C)=NC1=Cc1[nH]c(C)cc1C. The molecule has 3 aromatic rings. The zero-order valence-electron chi connectivity index (χ0n) is 18.7. The van der Waals surface area contributed by atoms with Crippen molar-refractivity contribution < 1.29 is 14.3 Å². The average molecular weight is 418 g/mol. The van der Waals surface area contributed by atoms with E-state index in [1.807, 2.05) is 77.1 Å². The van der Waals surface area contributed by atoms with Crippen molar-refractivity contribution >= 4 is 28.8 Å². The fraction of sp³-hybridized carbons (Fsp3) is 0.280. The molecule has 1 aliphatic rings. The maximum absolute atomic E-state index is 13.1. The van der Waals surface area contributed by atoms with E-state index in [9.17, 15) is 4.79 Å². The minimum atomic E-state index is -0.612. The quantitative estimate of drug-likeness (QED) is 0.590. The third kappa shape index (κ3) is 4.06. The van der Waals surface area contributed by atoms with E-state index in [2.05, 4.69) is 11.1 Å². The van der Waals surface area contributed by atoms with E-state index in [-0.39, 0.29) is 0 Å². The van der Waals surface area contributed by atoms with Crippen LogP contribution >= 0.6 is 0 Å². The lowest BCUT2D eigenvalue weighted by molar-refractivity contribution is 0.0544. The summed E-state index contributed by atoms with van der Waals surface area (Å²) < 4.78 is 12.8. The Kier molecular flexibility index (Phi) is 5.09. The van der Waals surface area contributed by atoms with E-state index in [1.165, 1.54) is 0 Å². The van der Waals surface area contributed by atoms with Gasteiger partial charge in [0.05, 0.1) is 24.0 Å². The van der Waals surface area contributed by atoms with Gasteiger partial charge < -0.3 is 14.5 Å². The Bertz CT molecular complexity index is 1260. The Morgan fingerprint density at radius 2 is 1.90 bits per heavy atom. The number of carbonyl (C=O) groups is 1. The molecule has 1 N–H and O–H groups in total. The van der Waals surface area contributed by atoms with Crippen LogP contribution in [0, 0.1) is 13.8 Å². The van der Waals surface area contributed by atoms with Crippen molar-refractivity contribution in [2.45, 2.75) is 40.2 Å². The van der Waals surface area contributed by atoms with Gasteiger partial charge in [-0.1, -0.05) is 18.2 Å². The largest absolute Gasteiger partial charge is 0.494 e. The first kappa shape index (κ1) is 20.7. The van der Waals surface area contributed by atoms with Crippen LogP contribution < -0.4 is 0 Å². The second-order valence-corrected chi connectivity index (χ2v) is 8.69. The van der Waals surface area contributed by atoms with Gasteiger partial charge in [-0.2, -0.15) is 0 Å². The summed E-state index contributed by atoms with van der Waals surface area (Å²) >= 11 is 0. The number of aryl methyl sites for hydroxylation is 2. The molecular weight excluding hydrogens is 390 g/mol. The summed E-state index contributed by atoms with van der Waals surface area (Å²) in [4.78, 5) is 21.2. The van der Waals surface area contributed by atoms with Gasteiger partial charge >= 0.3 is 6.09 Å². The summed E-state index contributed by atoms with van der Waals surface area (Å²) in [5.41, 5.74) is 5.36. The van der Waals surface area contributed by atoms with Gasteiger partial charge in [-0.25, -0.2) is 14.4 Å². The molecule has 0 aliphatic carbocycles. The smallest absolute Gasteiger partial charge is 0.419 e. The summed E-state index contributed by atoms with van der Waals surface area (Å²) in [6.45, 7) is 9.63. The van der Waals surface area contributed by atoms with Gasteiger partial charge in [0.25, 0.3) is 0 Å². The Hall–Kier alpha value is -3.54. The van der Waals surface area contributed by atoms with Crippen LogP contribution in [-0.4, -0.2) is 34.1 Å². The van der Waals surface area contributed by atoms with E-state index in [1.54, 1.807) is 11.7 Å². The molecule has 3 heterocycles. The second kappa shape index (κ2) is 7.61. The highest BCUT2D eigenvalue weighted by Crippen LogP contribution is 2.29. The molecule has 0 radical (unpaired) electrons. The normalized spacial score (nSPS) is 15.4. The minimum Gasteiger partial charge on any atom is -0.494 e. The number of nitrogens with zero attached hydrogens (tertiary/aromatic N) is 2. The molecule has 4 rings (SSSR count). The third-order valence-corrected chi connectivity index (χ3v) is 5.00. The molecule has 0 saturated heterocycles. The standard InChI is InChI=1S/C25H27N3O3/c1-15-11-16(2)26-18(15)13-20-23(30-6)14-19(27-20)22-12-17-9-7-8-10-21(17)28(22)24(29)31-25(3,4)5/h7-14,26H,1-6H3. The van der Waals surface area contributed by atoms with Gasteiger partial charge in [0.2, 0.25) is 0 Å². The molecule has 2 aromatic heterocycles. The van der Waals surface area contributed by atoms with Crippen molar-refractivity contribution in [2.75, 3.05) is 7.11 Å². The summed E-state index contributed by atoms with van der Waals surface area (Å²) in [5.74, 6) is 0.641. The molecule has 1 aliphatic heterocycles. The number of benzene rings is 1. The lowest BCUT2D eigenvalue weighted by Gasteiger charge is -2.20. The molecule has 0 unspecified atom stereocenters. The predicted molar refractivity (Wildman–Crippen MR) is 123 cm³/mol. The first-order valence-electron chi connectivity index (χ1n) is 10.2. The van der Waals surface area contributed by atoms with E-state index in [0.29, 0.717) is 22.9 Å². The number of hydrogen-bond acceptors (Lipinski definition) is 4. The van der Waals surface area contributed by atoms with Crippen LogP contribution in [0.5, 0.6) is 0 Å². The van der Waals surface area contributed by atoms with Crippen LogP contribution in [0.2, 0.25) is 0 Å². The molecule has 6 heteroatoms. The zero-order chi connectivity index (χ0) is 22.3. The van der Waals surface area contributed by atoms with Crippen molar-refractivity contribution in [3.8, 4) is 0 Å². The number of aromatic amines is 1. The van der Waals surface area contributed by atoms with E-state index < -0.39 is 11.7 Å². The number of hydrogen-bond donors (Lipinski definition) is 1. The highest BCUT2D eigenvalue weighted by atomic mass is 16.6. The lowest BCUT2D eigenvalue weighted by Crippen LogP contribution is -2.28. The van der Waals surface area contributed by atoms with Crippen LogP contribution in [-0.2, 0) is 9.47 Å². The van der Waals surface area contributed by atoms with Crippen LogP contribution in [0.1, 0.15) is 43.4 Å². The number of ether oxygens (including phenoxy) is 2. The molecular formula is C25H27N3O3. The molecule has 0 spiro atoms. The number of para-hydroxylation sites is 1. The van der Waals surface area contributed by atoms with Gasteiger partial charge in [-0.15, -0.1) is 0 Å². The molecule has 0 atom stereocenters. The Morgan fingerprint density at radius 1 is 1.16 bits per heavy atom. The lowest BCUT2D eigenvalue weighted by atomic mass is 10.2. The van der Waals surface area contributed by atoms with Crippen molar-refractivity contribution in [3.63, 3.8) is 0 Å². The summed E-state index contributed by atoms with van der Waals surface area (Å²) in [7, 11) is 1.62. The maximum atomic E-state index is 13.1. The fourth-order valence-electron chi connectivity index (χ4n) is 3.70. The van der Waals surface area contributed by atoms with E-state index >= 15 is 0 Å². The number of aliphatic imine (C=N–C) groups is 1. The van der Waals surface area contributed by atoms with Gasteiger partial charge in [0, 0.05) is 22.9 Å². The number of fused-ring (bicyclic) bond motifs is 1. The maximum Gasteiger partial charge on any atom is 0.419 e. The Balaban J connectivity index is 1.85. The Labute approximate surface area is 181 Å². The molecule has 0 saturated carbocycles. The number of methoxy groups -OCH3 is 1. The van der Waals surface area contributed by atoms with Crippen molar-refractivity contribution in [1.29, 1.82) is 0 Å². The van der Waals surface area contributed by atoms with Gasteiger partial charge in [-0.3, -0.25) is 0 Å². The predicted octanol–water partition coefficient (Wildman–Crippen LogP) is 5.74. The highest BCUT2D eigenvalue weighted by Gasteiger charge is 2.26. The number of aromatic nitrogens is 2. The molecule has 0 bridgehead atoms. The average Bonchev–Trinajstić information content (AvgIpc) is 3.35. The summed E-state index contributed by atoms with van der Waals surface area (Å²) in [6, 6.07) is 11.8. The first-order chi connectivity index (χ1) is 14.7. The van der Waals surface area contributed by atoms with Gasteiger partial charge in [0.15, 0.2) is 0 Å². The minimum absolute atomic E-state index is 0.438. The second-order valence-electron chi connectivity index (χ2n) is 8.69. The van der Waals surface area contributed by atoms with Crippen molar-refractivity contribution in [1.82, 2.24) is 9.55 Å². The van der Waals surface area contributed by atoms with Gasteiger partial charge in [0.1, 0.15) is 17.1 Å². The highest BCUT2D eigenvalue weighted by molar-refractivity contribution is 6.15. The van der Waals surface area contributed by atoms with Crippen molar-refractivity contribution in [2.24, 2.45) is 4.99 Å². The van der Waals surface area contributed by atoms with Crippen LogP contribution in [0.15, 0.2) is 58.9 Å². The Morgan fingerprint density at radius 3 is 2.55 bits per heavy atom. The van der Waals surface area contributed by atoms with Gasteiger partial charge in [-0.05, 0) is 64.5 Å². The number of nitrogens with one attached hydrogen (secondary N) is 1. The summed E-state index contributed by atoms with van der Waals surface area (Å²) in [5, 5.41) is 0.937. The van der Waals surface area contributed by atoms with Crippen LogP contribution in [0.4, 0.5) is 4.79 Å². The molecule has 6 nitrogen and oxygen atoms in total. The van der Waals surface area contributed by atoms with Crippen LogP contribution in [0.3, 0.4) is 0 Å². The molecule has 0 fully saturated rings. The topological polar surface area (TPSA) is 68.6 Å². The fourth-order valence-corrected chi connectivity index (χ4v) is 3.70. The van der Waals surface area contributed by atoms with Crippen molar-refractivity contribution in [3.05, 3.63) is 76.6 Å². The number of H-pyrrole nitrogens is 1. The van der Waals surface area contributed by atoms with Crippen LogP contribution in [0.25, 0.3) is 17.0 Å². The molecule has 1 aromatic carbocycles. The number of allylic oxidation sites excluding steroid dienone is 1. The zero-order valence-corrected chi connectivity index (χ0v) is 18.7.